The molecule has 3 rings (SSSR count). The summed E-state index contributed by atoms with van der Waals surface area (Å²) < 4.78 is 5.18. The van der Waals surface area contributed by atoms with Gasteiger partial charge in [0.2, 0.25) is 0 Å². The molecule has 0 saturated heterocycles. The molecule has 0 saturated carbocycles. The van der Waals surface area contributed by atoms with Crippen molar-refractivity contribution in [3.05, 3.63) is 48.8 Å². The second-order valence-electron chi connectivity index (χ2n) is 4.33. The van der Waals surface area contributed by atoms with Gasteiger partial charge in [-0.1, -0.05) is 0 Å². The van der Waals surface area contributed by atoms with E-state index in [2.05, 4.69) is 20.9 Å². The molecule has 19 heavy (non-hydrogen) atoms. The van der Waals surface area contributed by atoms with E-state index in [1.54, 1.807) is 13.3 Å². The number of methoxy groups -OCH3 is 1. The van der Waals surface area contributed by atoms with Gasteiger partial charge in [-0.15, -0.1) is 0 Å². The molecule has 2 aromatic heterocycles. The monoisotopic (exact) mass is 253 g/mol. The van der Waals surface area contributed by atoms with E-state index in [4.69, 9.17) is 4.74 Å². The van der Waals surface area contributed by atoms with Gasteiger partial charge in [0.1, 0.15) is 11.4 Å². The zero-order valence-electron chi connectivity index (χ0n) is 10.9. The molecule has 1 aromatic carbocycles. The van der Waals surface area contributed by atoms with Crippen LogP contribution in [0.1, 0.15) is 0 Å². The van der Waals surface area contributed by atoms with Crippen molar-refractivity contribution in [3.63, 3.8) is 0 Å². The number of fused-ring (bicyclic) bond motifs is 1. The van der Waals surface area contributed by atoms with Gasteiger partial charge >= 0.3 is 0 Å². The molecule has 0 aliphatic heterocycles. The molecule has 0 fully saturated rings. The molecule has 4 heteroatoms. The van der Waals surface area contributed by atoms with E-state index < -0.39 is 0 Å². The fraction of sp³-hybridized carbons (Fsp3) is 0.133. The van der Waals surface area contributed by atoms with E-state index in [1.807, 2.05) is 43.6 Å². The van der Waals surface area contributed by atoms with Crippen molar-refractivity contribution in [2.75, 3.05) is 19.1 Å². The first-order chi connectivity index (χ1) is 9.29. The van der Waals surface area contributed by atoms with Crippen LogP contribution >= 0.6 is 0 Å². The molecule has 0 atom stereocenters. The number of rotatable bonds is 3. The first-order valence-corrected chi connectivity index (χ1v) is 6.09. The minimum Gasteiger partial charge on any atom is -0.497 e. The Hall–Kier alpha value is -2.49. The summed E-state index contributed by atoms with van der Waals surface area (Å²) in [4.78, 5) is 9.61. The first-order valence-electron chi connectivity index (χ1n) is 6.09. The smallest absolute Gasteiger partial charge is 0.139 e. The second kappa shape index (κ2) is 4.65. The van der Waals surface area contributed by atoms with Gasteiger partial charge in [0.15, 0.2) is 0 Å². The minimum absolute atomic E-state index is 0.859. The topological polar surface area (TPSA) is 41.1 Å². The van der Waals surface area contributed by atoms with Crippen LogP contribution in [0.3, 0.4) is 0 Å². The van der Waals surface area contributed by atoms with Gasteiger partial charge in [0.05, 0.1) is 12.8 Å². The molecular formula is C15H15N3O. The molecule has 4 nitrogen and oxygen atoms in total. The Morgan fingerprint density at radius 2 is 1.95 bits per heavy atom. The Kier molecular flexibility index (Phi) is 2.83. The quantitative estimate of drug-likeness (QED) is 0.778. The van der Waals surface area contributed by atoms with Crippen LogP contribution in [-0.2, 0) is 0 Å². The average Bonchev–Trinajstić information content (AvgIpc) is 2.90. The molecule has 0 unspecified atom stereocenters. The molecule has 96 valence electrons. The highest BCUT2D eigenvalue weighted by Crippen LogP contribution is 2.30. The minimum atomic E-state index is 0.859. The fourth-order valence-corrected chi connectivity index (χ4v) is 2.16. The van der Waals surface area contributed by atoms with E-state index in [0.717, 1.165) is 28.2 Å². The summed E-state index contributed by atoms with van der Waals surface area (Å²) in [5.74, 6) is 0.859. The number of ether oxygens (including phenoxy) is 1. The number of aromatic nitrogens is 2. The lowest BCUT2D eigenvalue weighted by molar-refractivity contribution is 0.415. The lowest BCUT2D eigenvalue weighted by Crippen LogP contribution is -2.08. The largest absolute Gasteiger partial charge is 0.497 e. The molecule has 0 radical (unpaired) electrons. The summed E-state index contributed by atoms with van der Waals surface area (Å²) in [5.41, 5.74) is 3.11. The lowest BCUT2D eigenvalue weighted by Gasteiger charge is -2.18. The van der Waals surface area contributed by atoms with Gasteiger partial charge in [0, 0.05) is 30.5 Å². The highest BCUT2D eigenvalue weighted by Gasteiger charge is 2.10. The average molecular weight is 253 g/mol. The predicted octanol–water partition coefficient (Wildman–Crippen LogP) is 3.34. The summed E-state index contributed by atoms with van der Waals surface area (Å²) in [6.07, 6.45) is 3.76. The highest BCUT2D eigenvalue weighted by atomic mass is 16.5. The van der Waals surface area contributed by atoms with Crippen LogP contribution in [0.5, 0.6) is 5.75 Å². The fourth-order valence-electron chi connectivity index (χ4n) is 2.16. The van der Waals surface area contributed by atoms with Crippen LogP contribution in [0.15, 0.2) is 48.8 Å². The Morgan fingerprint density at radius 3 is 2.68 bits per heavy atom. The molecule has 2 heterocycles. The number of benzene rings is 1. The number of hydrogen-bond acceptors (Lipinski definition) is 3. The third-order valence-corrected chi connectivity index (χ3v) is 3.25. The van der Waals surface area contributed by atoms with Gasteiger partial charge in [-0.2, -0.15) is 0 Å². The maximum Gasteiger partial charge on any atom is 0.139 e. The van der Waals surface area contributed by atoms with Crippen LogP contribution in [0.25, 0.3) is 11.0 Å². The van der Waals surface area contributed by atoms with E-state index in [1.165, 1.54) is 0 Å². The molecule has 0 aliphatic carbocycles. The zero-order valence-corrected chi connectivity index (χ0v) is 10.9. The summed E-state index contributed by atoms with van der Waals surface area (Å²) in [5, 5.41) is 1.11. The van der Waals surface area contributed by atoms with Gasteiger partial charge in [-0.05, 0) is 36.4 Å². The lowest BCUT2D eigenvalue weighted by atomic mass is 10.2. The zero-order chi connectivity index (χ0) is 13.2. The van der Waals surface area contributed by atoms with E-state index in [9.17, 15) is 0 Å². The van der Waals surface area contributed by atoms with E-state index in [-0.39, 0.29) is 0 Å². The third kappa shape index (κ3) is 2.01. The second-order valence-corrected chi connectivity index (χ2v) is 4.33. The Bertz CT molecular complexity index is 688. The van der Waals surface area contributed by atoms with Crippen molar-refractivity contribution in [3.8, 4) is 5.75 Å². The molecular weight excluding hydrogens is 238 g/mol. The van der Waals surface area contributed by atoms with Crippen molar-refractivity contribution in [1.29, 1.82) is 0 Å². The molecule has 0 aliphatic rings. The van der Waals surface area contributed by atoms with Crippen molar-refractivity contribution >= 4 is 22.4 Å². The van der Waals surface area contributed by atoms with Gasteiger partial charge in [0.25, 0.3) is 0 Å². The van der Waals surface area contributed by atoms with Crippen LogP contribution < -0.4 is 9.64 Å². The van der Waals surface area contributed by atoms with E-state index >= 15 is 0 Å². The number of aromatic amines is 1. The third-order valence-electron chi connectivity index (χ3n) is 3.25. The maximum atomic E-state index is 5.18. The van der Waals surface area contributed by atoms with Crippen molar-refractivity contribution in [1.82, 2.24) is 9.97 Å². The Balaban J connectivity index is 2.00. The SMILES string of the molecule is COc1ccc(N(C)c2c[nH]c3ncccc23)cc1. The van der Waals surface area contributed by atoms with Crippen molar-refractivity contribution < 1.29 is 4.74 Å². The summed E-state index contributed by atoms with van der Waals surface area (Å²) in [7, 11) is 3.71. The molecule has 0 amide bonds. The highest BCUT2D eigenvalue weighted by molar-refractivity contribution is 5.92. The summed E-state index contributed by atoms with van der Waals surface area (Å²) in [6.45, 7) is 0. The van der Waals surface area contributed by atoms with Gasteiger partial charge < -0.3 is 14.6 Å². The number of nitrogens with zero attached hydrogens (tertiary/aromatic N) is 2. The normalized spacial score (nSPS) is 10.6. The van der Waals surface area contributed by atoms with Crippen molar-refractivity contribution in [2.24, 2.45) is 0 Å². The van der Waals surface area contributed by atoms with Crippen LogP contribution in [0.4, 0.5) is 11.4 Å². The molecule has 3 aromatic rings. The Labute approximate surface area is 111 Å². The van der Waals surface area contributed by atoms with Gasteiger partial charge in [-0.3, -0.25) is 0 Å². The van der Waals surface area contributed by atoms with Crippen LogP contribution in [0, 0.1) is 0 Å². The number of pyridine rings is 1. The maximum absolute atomic E-state index is 5.18. The first kappa shape index (κ1) is 11.6. The summed E-state index contributed by atoms with van der Waals surface area (Å²) in [6, 6.07) is 12.0. The number of nitrogens with one attached hydrogen (secondary N) is 1. The van der Waals surface area contributed by atoms with E-state index in [0.29, 0.717) is 0 Å². The van der Waals surface area contributed by atoms with Crippen LogP contribution in [-0.4, -0.2) is 24.1 Å². The number of hydrogen-bond donors (Lipinski definition) is 1. The van der Waals surface area contributed by atoms with Gasteiger partial charge in [-0.25, -0.2) is 4.98 Å². The number of anilines is 2. The molecule has 1 N–H and O–H groups in total. The van der Waals surface area contributed by atoms with Crippen molar-refractivity contribution in [2.45, 2.75) is 0 Å². The summed E-state index contributed by atoms with van der Waals surface area (Å²) >= 11 is 0. The predicted molar refractivity (Wildman–Crippen MR) is 77.2 cm³/mol. The Morgan fingerprint density at radius 1 is 1.16 bits per heavy atom. The molecule has 0 spiro atoms. The van der Waals surface area contributed by atoms with Crippen LogP contribution in [0.2, 0.25) is 0 Å². The number of H-pyrrole nitrogens is 1. The molecule has 0 bridgehead atoms. The standard InChI is InChI=1S/C15H15N3O/c1-18(11-5-7-12(19-2)8-6-11)14-10-17-15-13(14)4-3-9-16-15/h3-10H,1-2H3,(H,16,17).